The number of carbonyl (C=O) groups is 1. The van der Waals surface area contributed by atoms with Gasteiger partial charge in [0.15, 0.2) is 5.78 Å². The van der Waals surface area contributed by atoms with E-state index in [9.17, 15) is 9.18 Å². The van der Waals surface area contributed by atoms with Crippen molar-refractivity contribution in [1.82, 2.24) is 4.98 Å². The van der Waals surface area contributed by atoms with Crippen molar-refractivity contribution < 1.29 is 13.9 Å². The standard InChI is InChI=1S/C15H13ClFNO2/c1-2-20-11-6-10(8-18-9-11)15(19)7-12-13(16)4-3-5-14(12)17/h3-6,8-9H,2,7H2,1H3. The van der Waals surface area contributed by atoms with Crippen LogP contribution in [0.15, 0.2) is 36.7 Å². The van der Waals surface area contributed by atoms with Gasteiger partial charge in [-0.2, -0.15) is 0 Å². The largest absolute Gasteiger partial charge is 0.492 e. The van der Waals surface area contributed by atoms with E-state index in [0.717, 1.165) is 0 Å². The Morgan fingerprint density at radius 3 is 2.90 bits per heavy atom. The summed E-state index contributed by atoms with van der Waals surface area (Å²) in [5, 5.41) is 0.243. The Morgan fingerprint density at radius 2 is 2.20 bits per heavy atom. The number of halogens is 2. The molecule has 0 atom stereocenters. The lowest BCUT2D eigenvalue weighted by Crippen LogP contribution is -2.07. The number of Topliss-reactive ketones (excluding diaryl/α,β-unsaturated/α-hetero) is 1. The maximum Gasteiger partial charge on any atom is 0.169 e. The lowest BCUT2D eigenvalue weighted by Gasteiger charge is -2.07. The van der Waals surface area contributed by atoms with Crippen LogP contribution in [0.1, 0.15) is 22.8 Å². The first-order valence-corrected chi connectivity index (χ1v) is 6.53. The van der Waals surface area contributed by atoms with E-state index in [1.165, 1.54) is 24.5 Å². The van der Waals surface area contributed by atoms with Gasteiger partial charge in [0.1, 0.15) is 11.6 Å². The molecule has 3 nitrogen and oxygen atoms in total. The van der Waals surface area contributed by atoms with Crippen LogP contribution in [0, 0.1) is 5.82 Å². The second kappa shape index (κ2) is 6.48. The first kappa shape index (κ1) is 14.5. The third-order valence-electron chi connectivity index (χ3n) is 2.75. The molecule has 2 rings (SSSR count). The Labute approximate surface area is 121 Å². The van der Waals surface area contributed by atoms with Crippen molar-refractivity contribution in [3.8, 4) is 5.75 Å². The fourth-order valence-corrected chi connectivity index (χ4v) is 2.01. The smallest absolute Gasteiger partial charge is 0.169 e. The fourth-order valence-electron chi connectivity index (χ4n) is 1.78. The predicted molar refractivity (Wildman–Crippen MR) is 74.9 cm³/mol. The average molecular weight is 294 g/mol. The van der Waals surface area contributed by atoms with E-state index >= 15 is 0 Å². The zero-order valence-corrected chi connectivity index (χ0v) is 11.7. The quantitative estimate of drug-likeness (QED) is 0.789. The molecule has 104 valence electrons. The van der Waals surface area contributed by atoms with Gasteiger partial charge in [-0.15, -0.1) is 0 Å². The van der Waals surface area contributed by atoms with E-state index < -0.39 is 5.82 Å². The number of pyridine rings is 1. The Hall–Kier alpha value is -1.94. The molecule has 0 unspecified atom stereocenters. The minimum Gasteiger partial charge on any atom is -0.492 e. The van der Waals surface area contributed by atoms with E-state index in [1.54, 1.807) is 12.1 Å². The van der Waals surface area contributed by atoms with Gasteiger partial charge in [-0.3, -0.25) is 9.78 Å². The maximum absolute atomic E-state index is 13.6. The highest BCUT2D eigenvalue weighted by Gasteiger charge is 2.14. The molecule has 1 aromatic carbocycles. The van der Waals surface area contributed by atoms with Crippen molar-refractivity contribution >= 4 is 17.4 Å². The predicted octanol–water partition coefficient (Wildman–Crippen LogP) is 3.70. The Morgan fingerprint density at radius 1 is 1.40 bits per heavy atom. The summed E-state index contributed by atoms with van der Waals surface area (Å²) in [4.78, 5) is 16.1. The molecular formula is C15H13ClFNO2. The zero-order valence-electron chi connectivity index (χ0n) is 10.9. The highest BCUT2D eigenvalue weighted by atomic mass is 35.5. The second-order valence-corrected chi connectivity index (χ2v) is 4.55. The van der Waals surface area contributed by atoms with E-state index in [0.29, 0.717) is 17.9 Å². The molecule has 0 radical (unpaired) electrons. The highest BCUT2D eigenvalue weighted by Crippen LogP contribution is 2.21. The molecule has 0 aliphatic heterocycles. The van der Waals surface area contributed by atoms with Gasteiger partial charge in [-0.05, 0) is 25.1 Å². The summed E-state index contributed by atoms with van der Waals surface area (Å²) in [7, 11) is 0. The van der Waals surface area contributed by atoms with Gasteiger partial charge in [0.05, 0.1) is 12.8 Å². The number of aromatic nitrogens is 1. The van der Waals surface area contributed by atoms with E-state index in [2.05, 4.69) is 4.98 Å². The van der Waals surface area contributed by atoms with Crippen LogP contribution in [0.3, 0.4) is 0 Å². The van der Waals surface area contributed by atoms with Gasteiger partial charge in [0, 0.05) is 28.8 Å². The number of rotatable bonds is 5. The minimum absolute atomic E-state index is 0.108. The third-order valence-corrected chi connectivity index (χ3v) is 3.10. The van der Waals surface area contributed by atoms with Gasteiger partial charge >= 0.3 is 0 Å². The number of benzene rings is 1. The molecule has 0 aliphatic carbocycles. The first-order valence-electron chi connectivity index (χ1n) is 6.15. The topological polar surface area (TPSA) is 39.2 Å². The summed E-state index contributed by atoms with van der Waals surface area (Å²) < 4.78 is 18.9. The van der Waals surface area contributed by atoms with Gasteiger partial charge in [-0.25, -0.2) is 4.39 Å². The van der Waals surface area contributed by atoms with Crippen molar-refractivity contribution in [2.45, 2.75) is 13.3 Å². The van der Waals surface area contributed by atoms with Crippen LogP contribution in [-0.2, 0) is 6.42 Å². The summed E-state index contributed by atoms with van der Waals surface area (Å²) in [5.41, 5.74) is 0.566. The van der Waals surface area contributed by atoms with Crippen LogP contribution < -0.4 is 4.74 Å². The fraction of sp³-hybridized carbons (Fsp3) is 0.200. The molecule has 0 amide bonds. The Bertz CT molecular complexity index is 611. The molecule has 0 saturated carbocycles. The molecule has 5 heteroatoms. The SMILES string of the molecule is CCOc1cncc(C(=O)Cc2c(F)cccc2Cl)c1. The highest BCUT2D eigenvalue weighted by molar-refractivity contribution is 6.31. The van der Waals surface area contributed by atoms with E-state index in [4.69, 9.17) is 16.3 Å². The van der Waals surface area contributed by atoms with E-state index in [-0.39, 0.29) is 22.8 Å². The molecule has 0 bridgehead atoms. The lowest BCUT2D eigenvalue weighted by atomic mass is 10.0. The van der Waals surface area contributed by atoms with Crippen LogP contribution in [0.2, 0.25) is 5.02 Å². The summed E-state index contributed by atoms with van der Waals surface area (Å²) in [6, 6.07) is 5.93. The molecule has 2 aromatic rings. The van der Waals surface area contributed by atoms with E-state index in [1.807, 2.05) is 6.92 Å². The monoisotopic (exact) mass is 293 g/mol. The van der Waals surface area contributed by atoms with Gasteiger partial charge in [0.2, 0.25) is 0 Å². The van der Waals surface area contributed by atoms with Crippen molar-refractivity contribution in [3.63, 3.8) is 0 Å². The molecule has 0 spiro atoms. The minimum atomic E-state index is -0.486. The number of ether oxygens (including phenoxy) is 1. The number of nitrogens with zero attached hydrogens (tertiary/aromatic N) is 1. The summed E-state index contributed by atoms with van der Waals surface area (Å²) in [6.07, 6.45) is 2.85. The zero-order chi connectivity index (χ0) is 14.5. The van der Waals surface area contributed by atoms with Crippen LogP contribution >= 0.6 is 11.6 Å². The first-order chi connectivity index (χ1) is 9.61. The molecule has 0 aliphatic rings. The molecule has 0 N–H and O–H groups in total. The summed E-state index contributed by atoms with van der Waals surface area (Å²) in [6.45, 7) is 2.33. The molecule has 1 heterocycles. The van der Waals surface area contributed by atoms with Crippen LogP contribution in [0.4, 0.5) is 4.39 Å². The molecule has 0 fully saturated rings. The molecule has 1 aromatic heterocycles. The van der Waals surface area contributed by atoms with Crippen molar-refractivity contribution in [2.75, 3.05) is 6.61 Å². The second-order valence-electron chi connectivity index (χ2n) is 4.14. The van der Waals surface area contributed by atoms with Gasteiger partial charge in [-0.1, -0.05) is 17.7 Å². The van der Waals surface area contributed by atoms with Gasteiger partial charge in [0.25, 0.3) is 0 Å². The number of hydrogen-bond acceptors (Lipinski definition) is 3. The third kappa shape index (κ3) is 3.33. The average Bonchev–Trinajstić information content (AvgIpc) is 2.43. The number of hydrogen-bond donors (Lipinski definition) is 0. The van der Waals surface area contributed by atoms with Crippen molar-refractivity contribution in [3.05, 3.63) is 58.6 Å². The van der Waals surface area contributed by atoms with Gasteiger partial charge < -0.3 is 4.74 Å². The summed E-state index contributed by atoms with van der Waals surface area (Å²) >= 11 is 5.91. The molecule has 0 saturated heterocycles. The number of carbonyl (C=O) groups excluding carboxylic acids is 1. The number of ketones is 1. The normalized spacial score (nSPS) is 10.3. The van der Waals surface area contributed by atoms with Crippen LogP contribution in [-0.4, -0.2) is 17.4 Å². The van der Waals surface area contributed by atoms with Crippen molar-refractivity contribution in [2.24, 2.45) is 0 Å². The van der Waals surface area contributed by atoms with Crippen LogP contribution in [0.25, 0.3) is 0 Å². The summed E-state index contributed by atoms with van der Waals surface area (Å²) in [5.74, 6) is -0.233. The molecule has 20 heavy (non-hydrogen) atoms. The Kier molecular flexibility index (Phi) is 4.69. The van der Waals surface area contributed by atoms with Crippen molar-refractivity contribution in [1.29, 1.82) is 0 Å². The molecular weight excluding hydrogens is 281 g/mol. The Balaban J connectivity index is 2.22. The maximum atomic E-state index is 13.6. The lowest BCUT2D eigenvalue weighted by molar-refractivity contribution is 0.0991. The van der Waals surface area contributed by atoms with Crippen LogP contribution in [0.5, 0.6) is 5.75 Å².